The summed E-state index contributed by atoms with van der Waals surface area (Å²) in [6.07, 6.45) is 6.75. The lowest BCUT2D eigenvalue weighted by atomic mass is 9.88. The van der Waals surface area contributed by atoms with Crippen LogP contribution in [-0.4, -0.2) is 45.8 Å². The van der Waals surface area contributed by atoms with Crippen molar-refractivity contribution in [2.24, 2.45) is 11.3 Å². The SMILES string of the molecule is CC12Cc3c(C(=O)Nc4cnn(C(c5ccccc5)C5CCS(=O)(=O)CC5)c4)n[nH]c3C1C2. The summed E-state index contributed by atoms with van der Waals surface area (Å²) in [5.74, 6) is 0.847. The van der Waals surface area contributed by atoms with Crippen LogP contribution in [0, 0.1) is 11.3 Å². The number of benzene rings is 1. The van der Waals surface area contributed by atoms with Crippen molar-refractivity contribution in [2.75, 3.05) is 16.8 Å². The predicted molar refractivity (Wildman–Crippen MR) is 124 cm³/mol. The normalized spacial score (nSPS) is 26.4. The Morgan fingerprint density at radius 2 is 2.00 bits per heavy atom. The topological polar surface area (TPSA) is 110 Å². The number of amides is 1. The first kappa shape index (κ1) is 20.7. The number of hydrogen-bond acceptors (Lipinski definition) is 5. The summed E-state index contributed by atoms with van der Waals surface area (Å²) in [5, 5.41) is 14.9. The Morgan fingerprint density at radius 1 is 1.24 bits per heavy atom. The van der Waals surface area contributed by atoms with Crippen LogP contribution >= 0.6 is 0 Å². The van der Waals surface area contributed by atoms with E-state index in [-0.39, 0.29) is 29.4 Å². The smallest absolute Gasteiger partial charge is 0.276 e. The molecule has 8 nitrogen and oxygen atoms in total. The van der Waals surface area contributed by atoms with Gasteiger partial charge in [-0.3, -0.25) is 14.6 Å². The van der Waals surface area contributed by atoms with Crippen LogP contribution < -0.4 is 5.32 Å². The van der Waals surface area contributed by atoms with Gasteiger partial charge in [0.15, 0.2) is 5.69 Å². The summed E-state index contributed by atoms with van der Waals surface area (Å²) < 4.78 is 25.8. The highest BCUT2D eigenvalue weighted by Gasteiger charge is 2.58. The number of sulfone groups is 1. The molecule has 2 fully saturated rings. The summed E-state index contributed by atoms with van der Waals surface area (Å²) in [5.41, 5.74) is 4.62. The van der Waals surface area contributed by atoms with Gasteiger partial charge in [-0.1, -0.05) is 37.3 Å². The molecule has 3 heterocycles. The summed E-state index contributed by atoms with van der Waals surface area (Å²) in [6, 6.07) is 9.94. The van der Waals surface area contributed by atoms with Crippen LogP contribution in [0.5, 0.6) is 0 Å². The lowest BCUT2D eigenvalue weighted by Gasteiger charge is -2.30. The van der Waals surface area contributed by atoms with Gasteiger partial charge in [0, 0.05) is 23.4 Å². The number of carbonyl (C=O) groups is 1. The Morgan fingerprint density at radius 3 is 2.76 bits per heavy atom. The molecule has 3 aliphatic rings. The van der Waals surface area contributed by atoms with Crippen LogP contribution in [0.3, 0.4) is 0 Å². The lowest BCUT2D eigenvalue weighted by molar-refractivity contribution is 0.102. The molecule has 2 N–H and O–H groups in total. The number of anilines is 1. The summed E-state index contributed by atoms with van der Waals surface area (Å²) in [4.78, 5) is 13.0. The monoisotopic (exact) mass is 465 g/mol. The molecule has 33 heavy (non-hydrogen) atoms. The number of fused-ring (bicyclic) bond motifs is 3. The highest BCUT2D eigenvalue weighted by atomic mass is 32.2. The van der Waals surface area contributed by atoms with E-state index in [1.165, 1.54) is 6.42 Å². The molecule has 3 aromatic rings. The van der Waals surface area contributed by atoms with Gasteiger partial charge in [0.1, 0.15) is 9.84 Å². The van der Waals surface area contributed by atoms with Crippen LogP contribution in [0.1, 0.15) is 65.5 Å². The van der Waals surface area contributed by atoms with Gasteiger partial charge in [-0.25, -0.2) is 8.42 Å². The Labute approximate surface area is 192 Å². The number of H-pyrrole nitrogens is 1. The molecule has 2 aromatic heterocycles. The Balaban J connectivity index is 1.24. The maximum Gasteiger partial charge on any atom is 0.276 e. The Kier molecular flexibility index (Phi) is 4.56. The summed E-state index contributed by atoms with van der Waals surface area (Å²) >= 11 is 0. The fourth-order valence-electron chi connectivity index (χ4n) is 5.75. The lowest BCUT2D eigenvalue weighted by Crippen LogP contribution is -2.30. The molecule has 6 rings (SSSR count). The average molecular weight is 466 g/mol. The van der Waals surface area contributed by atoms with Gasteiger partial charge in [0.05, 0.1) is 29.4 Å². The number of nitrogens with zero attached hydrogens (tertiary/aromatic N) is 3. The molecular formula is C24H27N5O3S. The molecule has 172 valence electrons. The van der Waals surface area contributed by atoms with Crippen molar-refractivity contribution >= 4 is 21.4 Å². The second-order valence-electron chi connectivity index (χ2n) is 10.1. The summed E-state index contributed by atoms with van der Waals surface area (Å²) in [6.45, 7) is 2.26. The highest BCUT2D eigenvalue weighted by Crippen LogP contribution is 2.66. The van der Waals surface area contributed by atoms with E-state index in [0.29, 0.717) is 35.6 Å². The average Bonchev–Trinajstić information content (AvgIpc) is 3.13. The fourth-order valence-corrected chi connectivity index (χ4v) is 7.28. The van der Waals surface area contributed by atoms with E-state index in [2.05, 4.69) is 27.5 Å². The van der Waals surface area contributed by atoms with Crippen LogP contribution in [0.25, 0.3) is 0 Å². The van der Waals surface area contributed by atoms with Crippen molar-refractivity contribution < 1.29 is 13.2 Å². The maximum absolute atomic E-state index is 13.0. The number of hydrogen-bond donors (Lipinski definition) is 2. The first-order chi connectivity index (χ1) is 15.8. The molecule has 3 unspecified atom stereocenters. The molecule has 0 bridgehead atoms. The third-order valence-corrected chi connectivity index (χ3v) is 9.44. The van der Waals surface area contributed by atoms with Gasteiger partial charge in [-0.15, -0.1) is 0 Å². The molecule has 1 amide bonds. The van der Waals surface area contributed by atoms with Gasteiger partial charge in [-0.2, -0.15) is 10.2 Å². The van der Waals surface area contributed by atoms with E-state index in [0.717, 1.165) is 23.2 Å². The standard InChI is InChI=1S/C24H27N5O3S/c1-24-11-18-20(19(24)12-24)27-28-21(18)23(30)26-17-13-25-29(14-17)22(15-5-3-2-4-6-15)16-7-9-33(31,32)10-8-16/h2-6,13-14,16,19,22H,7-12H2,1H3,(H,26,30)(H,27,28). The maximum atomic E-state index is 13.0. The number of nitrogens with one attached hydrogen (secondary N) is 2. The molecule has 0 spiro atoms. The van der Waals surface area contributed by atoms with Crippen molar-refractivity contribution in [2.45, 2.75) is 44.6 Å². The number of rotatable bonds is 5. The van der Waals surface area contributed by atoms with E-state index >= 15 is 0 Å². The Bertz CT molecular complexity index is 1320. The fraction of sp³-hybridized carbons (Fsp3) is 0.458. The minimum absolute atomic E-state index is 0.0888. The van der Waals surface area contributed by atoms with Crippen molar-refractivity contribution in [1.82, 2.24) is 20.0 Å². The molecule has 3 atom stereocenters. The predicted octanol–water partition coefficient (Wildman–Crippen LogP) is 3.32. The minimum atomic E-state index is -2.96. The zero-order valence-electron chi connectivity index (χ0n) is 18.5. The van der Waals surface area contributed by atoms with Crippen molar-refractivity contribution in [3.8, 4) is 0 Å². The zero-order chi connectivity index (χ0) is 22.8. The largest absolute Gasteiger partial charge is 0.318 e. The number of aromatic nitrogens is 4. The van der Waals surface area contributed by atoms with Gasteiger partial charge in [0.2, 0.25) is 0 Å². The summed E-state index contributed by atoms with van der Waals surface area (Å²) in [7, 11) is -2.96. The molecule has 2 aliphatic carbocycles. The first-order valence-corrected chi connectivity index (χ1v) is 13.3. The van der Waals surface area contributed by atoms with Crippen LogP contribution in [0.4, 0.5) is 5.69 Å². The van der Waals surface area contributed by atoms with Gasteiger partial charge in [0.25, 0.3) is 5.91 Å². The van der Waals surface area contributed by atoms with Crippen LogP contribution in [-0.2, 0) is 16.3 Å². The van der Waals surface area contributed by atoms with Crippen LogP contribution in [0.2, 0.25) is 0 Å². The number of carbonyl (C=O) groups excluding carboxylic acids is 1. The molecule has 1 aliphatic heterocycles. The second kappa shape index (κ2) is 7.28. The minimum Gasteiger partial charge on any atom is -0.318 e. The van der Waals surface area contributed by atoms with E-state index in [1.807, 2.05) is 41.2 Å². The van der Waals surface area contributed by atoms with Gasteiger partial charge < -0.3 is 5.32 Å². The molecule has 1 saturated heterocycles. The van der Waals surface area contributed by atoms with E-state index < -0.39 is 9.84 Å². The Hall–Kier alpha value is -2.94. The van der Waals surface area contributed by atoms with E-state index in [1.54, 1.807) is 6.20 Å². The highest BCUT2D eigenvalue weighted by molar-refractivity contribution is 7.91. The first-order valence-electron chi connectivity index (χ1n) is 11.5. The van der Waals surface area contributed by atoms with Crippen LogP contribution in [0.15, 0.2) is 42.7 Å². The van der Waals surface area contributed by atoms with Crippen molar-refractivity contribution in [3.05, 3.63) is 65.2 Å². The molecular weight excluding hydrogens is 438 g/mol. The quantitative estimate of drug-likeness (QED) is 0.601. The van der Waals surface area contributed by atoms with Gasteiger partial charge >= 0.3 is 0 Å². The number of aromatic amines is 1. The molecule has 9 heteroatoms. The van der Waals surface area contributed by atoms with E-state index in [4.69, 9.17) is 0 Å². The third-order valence-electron chi connectivity index (χ3n) is 7.73. The van der Waals surface area contributed by atoms with Crippen molar-refractivity contribution in [1.29, 1.82) is 0 Å². The second-order valence-corrected chi connectivity index (χ2v) is 12.4. The van der Waals surface area contributed by atoms with Gasteiger partial charge in [-0.05, 0) is 42.6 Å². The third kappa shape index (κ3) is 3.58. The zero-order valence-corrected chi connectivity index (χ0v) is 19.3. The van der Waals surface area contributed by atoms with Crippen molar-refractivity contribution in [3.63, 3.8) is 0 Å². The molecule has 1 aromatic carbocycles. The van der Waals surface area contributed by atoms with E-state index in [9.17, 15) is 13.2 Å². The molecule has 1 saturated carbocycles. The molecule has 0 radical (unpaired) electrons.